The summed E-state index contributed by atoms with van der Waals surface area (Å²) in [6.07, 6.45) is 5.97. The van der Waals surface area contributed by atoms with Crippen LogP contribution in [-0.4, -0.2) is 71.5 Å². The zero-order valence-electron chi connectivity index (χ0n) is 16.4. The molecule has 4 atom stereocenters. The van der Waals surface area contributed by atoms with Crippen LogP contribution < -0.4 is 10.2 Å². The minimum atomic E-state index is 0.180. The van der Waals surface area contributed by atoms with Gasteiger partial charge in [-0.1, -0.05) is 0 Å². The highest BCUT2D eigenvalue weighted by atomic mass is 16.5. The predicted molar refractivity (Wildman–Crippen MR) is 107 cm³/mol. The number of nitriles is 1. The van der Waals surface area contributed by atoms with Gasteiger partial charge in [0, 0.05) is 31.7 Å². The summed E-state index contributed by atoms with van der Waals surface area (Å²) >= 11 is 0. The average Bonchev–Trinajstić information content (AvgIpc) is 3.36. The van der Waals surface area contributed by atoms with Crippen molar-refractivity contribution in [2.45, 2.75) is 50.5 Å². The Labute approximate surface area is 165 Å². The van der Waals surface area contributed by atoms with E-state index < -0.39 is 0 Å². The van der Waals surface area contributed by atoms with E-state index in [1.54, 1.807) is 10.7 Å². The number of ether oxygens (including phenoxy) is 1. The smallest absolute Gasteiger partial charge is 0.142 e. The molecule has 0 aromatic carbocycles. The highest BCUT2D eigenvalue weighted by Crippen LogP contribution is 2.29. The lowest BCUT2D eigenvalue weighted by Crippen LogP contribution is -2.55. The van der Waals surface area contributed by atoms with E-state index in [9.17, 15) is 5.26 Å². The molecule has 3 saturated heterocycles. The molecule has 5 heterocycles. The molecule has 0 saturated carbocycles. The molecular weight excluding hydrogens is 352 g/mol. The van der Waals surface area contributed by atoms with Crippen LogP contribution in [0.25, 0.3) is 5.52 Å². The number of nitrogens with one attached hydrogen (secondary N) is 1. The summed E-state index contributed by atoms with van der Waals surface area (Å²) in [5.41, 5.74) is 2.69. The third-order valence-electron chi connectivity index (χ3n) is 6.49. The summed E-state index contributed by atoms with van der Waals surface area (Å²) in [5, 5.41) is 17.3. The van der Waals surface area contributed by atoms with E-state index in [4.69, 9.17) is 4.74 Å². The van der Waals surface area contributed by atoms with Crippen molar-refractivity contribution < 1.29 is 4.74 Å². The molecule has 0 bridgehead atoms. The summed E-state index contributed by atoms with van der Waals surface area (Å²) in [6.45, 7) is 7.21. The third kappa shape index (κ3) is 3.16. The molecule has 28 heavy (non-hydrogen) atoms. The van der Waals surface area contributed by atoms with Crippen molar-refractivity contribution in [3.05, 3.63) is 30.1 Å². The first-order valence-corrected chi connectivity index (χ1v) is 10.5. The molecule has 7 nitrogen and oxygen atoms in total. The highest BCUT2D eigenvalue weighted by molar-refractivity contribution is 5.74. The van der Waals surface area contributed by atoms with Crippen LogP contribution in [0.4, 0.5) is 5.69 Å². The molecule has 0 radical (unpaired) electrons. The van der Waals surface area contributed by atoms with Gasteiger partial charge in [0.05, 0.1) is 29.6 Å². The van der Waals surface area contributed by atoms with E-state index in [-0.39, 0.29) is 12.2 Å². The number of hydrogen-bond donors (Lipinski definition) is 1. The van der Waals surface area contributed by atoms with Crippen molar-refractivity contribution in [1.82, 2.24) is 19.8 Å². The fourth-order valence-corrected chi connectivity index (χ4v) is 5.35. The summed E-state index contributed by atoms with van der Waals surface area (Å²) in [7, 11) is 0. The fourth-order valence-electron chi connectivity index (χ4n) is 5.35. The van der Waals surface area contributed by atoms with Crippen LogP contribution in [0, 0.1) is 11.3 Å². The Kier molecular flexibility index (Phi) is 4.71. The van der Waals surface area contributed by atoms with Gasteiger partial charge in [-0.05, 0) is 57.5 Å². The van der Waals surface area contributed by atoms with E-state index in [0.29, 0.717) is 17.8 Å². The zero-order chi connectivity index (χ0) is 19.1. The molecule has 5 rings (SSSR count). The molecular formula is C21H28N6O. The van der Waals surface area contributed by atoms with Gasteiger partial charge in [0.2, 0.25) is 0 Å². The third-order valence-corrected chi connectivity index (χ3v) is 6.49. The van der Waals surface area contributed by atoms with Crippen molar-refractivity contribution in [2.75, 3.05) is 37.6 Å². The molecule has 3 aliphatic heterocycles. The Balaban J connectivity index is 1.36. The second kappa shape index (κ2) is 7.36. The Morgan fingerprint density at radius 2 is 2.21 bits per heavy atom. The number of rotatable bonds is 3. The maximum atomic E-state index is 9.34. The van der Waals surface area contributed by atoms with Gasteiger partial charge in [0.1, 0.15) is 11.8 Å². The monoisotopic (exact) mass is 380 g/mol. The number of likely N-dealkylation sites (tertiary alicyclic amines) is 1. The second-order valence-electron chi connectivity index (χ2n) is 8.37. The van der Waals surface area contributed by atoms with Crippen LogP contribution in [0.1, 0.15) is 31.9 Å². The van der Waals surface area contributed by atoms with Gasteiger partial charge >= 0.3 is 0 Å². The molecule has 1 N–H and O–H groups in total. The summed E-state index contributed by atoms with van der Waals surface area (Å²) in [6, 6.07) is 9.47. The Morgan fingerprint density at radius 3 is 3.11 bits per heavy atom. The van der Waals surface area contributed by atoms with Crippen LogP contribution >= 0.6 is 0 Å². The lowest BCUT2D eigenvalue weighted by atomic mass is 9.97. The van der Waals surface area contributed by atoms with Crippen molar-refractivity contribution in [3.63, 3.8) is 0 Å². The second-order valence-corrected chi connectivity index (χ2v) is 8.37. The molecule has 0 aliphatic carbocycles. The first-order chi connectivity index (χ1) is 13.7. The number of pyridine rings is 1. The summed E-state index contributed by atoms with van der Waals surface area (Å²) in [4.78, 5) is 5.06. The number of nitrogens with zero attached hydrogens (tertiary/aromatic N) is 5. The summed E-state index contributed by atoms with van der Waals surface area (Å²) < 4.78 is 8.09. The molecule has 3 aliphatic rings. The van der Waals surface area contributed by atoms with Gasteiger partial charge in [-0.3, -0.25) is 4.90 Å². The molecule has 3 fully saturated rings. The van der Waals surface area contributed by atoms with E-state index in [0.717, 1.165) is 37.4 Å². The lowest BCUT2D eigenvalue weighted by Gasteiger charge is -2.43. The minimum Gasteiger partial charge on any atom is -0.370 e. The van der Waals surface area contributed by atoms with Crippen molar-refractivity contribution >= 4 is 11.2 Å². The maximum absolute atomic E-state index is 9.34. The maximum Gasteiger partial charge on any atom is 0.142 e. The minimum absolute atomic E-state index is 0.180. The van der Waals surface area contributed by atoms with Crippen molar-refractivity contribution in [2.24, 2.45) is 0 Å². The lowest BCUT2D eigenvalue weighted by molar-refractivity contribution is -0.0425. The van der Waals surface area contributed by atoms with Gasteiger partial charge in [-0.15, -0.1) is 0 Å². The van der Waals surface area contributed by atoms with Crippen LogP contribution in [0.5, 0.6) is 0 Å². The fraction of sp³-hybridized carbons (Fsp3) is 0.619. The SMILES string of the molecule is C[C@@H]1CN(c2ccc(C#N)n3nccc23)C[C@H](CN2CCC[C@@H]3NCCC32)O1. The molecule has 2 aromatic heterocycles. The number of piperidine rings is 1. The topological polar surface area (TPSA) is 68.8 Å². The van der Waals surface area contributed by atoms with Crippen molar-refractivity contribution in [1.29, 1.82) is 5.26 Å². The number of anilines is 1. The number of morpholine rings is 1. The Morgan fingerprint density at radius 1 is 1.29 bits per heavy atom. The van der Waals surface area contributed by atoms with Gasteiger partial charge in [-0.25, -0.2) is 4.52 Å². The van der Waals surface area contributed by atoms with Crippen LogP contribution in [0.15, 0.2) is 24.4 Å². The first-order valence-electron chi connectivity index (χ1n) is 10.5. The number of fused-ring (bicyclic) bond motifs is 2. The van der Waals surface area contributed by atoms with Gasteiger partial charge < -0.3 is 15.0 Å². The van der Waals surface area contributed by atoms with Gasteiger partial charge in [-0.2, -0.15) is 10.4 Å². The number of aromatic nitrogens is 2. The molecule has 1 unspecified atom stereocenters. The van der Waals surface area contributed by atoms with Crippen LogP contribution in [-0.2, 0) is 4.74 Å². The zero-order valence-corrected chi connectivity index (χ0v) is 16.4. The Bertz CT molecular complexity index is 889. The predicted octanol–water partition coefficient (Wildman–Crippen LogP) is 1.63. The normalized spacial score (nSPS) is 31.1. The Hall–Kier alpha value is -2.14. The largest absolute Gasteiger partial charge is 0.370 e. The van der Waals surface area contributed by atoms with Gasteiger partial charge in [0.15, 0.2) is 0 Å². The standard InChI is InChI=1S/C21H28N6O/c1-15-12-26(20-5-4-16(11-22)27-21(20)7-9-24-27)14-17(28-15)13-25-10-2-3-18-19(25)6-8-23-18/h4-5,7,9,15,17-19,23H,2-3,6,8,10,12-14H2,1H3/t15-,17+,18+,19?/m1/s1. The van der Waals surface area contributed by atoms with E-state index in [2.05, 4.69) is 39.3 Å². The van der Waals surface area contributed by atoms with Gasteiger partial charge in [0.25, 0.3) is 0 Å². The molecule has 0 spiro atoms. The highest BCUT2D eigenvalue weighted by Gasteiger charge is 2.37. The first kappa shape index (κ1) is 17.9. The van der Waals surface area contributed by atoms with E-state index in [1.165, 1.54) is 25.8 Å². The van der Waals surface area contributed by atoms with Crippen LogP contribution in [0.3, 0.4) is 0 Å². The van der Waals surface area contributed by atoms with Crippen molar-refractivity contribution in [3.8, 4) is 6.07 Å². The van der Waals surface area contributed by atoms with E-state index in [1.807, 2.05) is 12.1 Å². The quantitative estimate of drug-likeness (QED) is 0.873. The average molecular weight is 380 g/mol. The molecule has 2 aromatic rings. The molecule has 148 valence electrons. The van der Waals surface area contributed by atoms with E-state index >= 15 is 0 Å². The molecule has 7 heteroatoms. The molecule has 0 amide bonds. The number of hydrogen-bond acceptors (Lipinski definition) is 6. The van der Waals surface area contributed by atoms with Crippen LogP contribution in [0.2, 0.25) is 0 Å². The summed E-state index contributed by atoms with van der Waals surface area (Å²) in [5.74, 6) is 0.